The van der Waals surface area contributed by atoms with Crippen molar-refractivity contribution < 1.29 is 49.3 Å². The van der Waals surface area contributed by atoms with Crippen LogP contribution >= 0.6 is 0 Å². The zero-order valence-electron chi connectivity index (χ0n) is 41.2. The summed E-state index contributed by atoms with van der Waals surface area (Å²) in [6.07, 6.45) is 35.2. The average molecular weight is 910 g/mol. The molecular formula is C53H99NO10. The van der Waals surface area contributed by atoms with Gasteiger partial charge in [-0.3, -0.25) is 9.59 Å². The molecule has 0 bridgehead atoms. The highest BCUT2D eigenvalue weighted by atomic mass is 16.7. The van der Waals surface area contributed by atoms with Crippen molar-refractivity contribution in [3.63, 3.8) is 0 Å². The molecule has 6 N–H and O–H groups in total. The van der Waals surface area contributed by atoms with E-state index in [9.17, 15) is 35.1 Å². The highest BCUT2D eigenvalue weighted by Gasteiger charge is 2.47. The third-order valence-electron chi connectivity index (χ3n) is 12.6. The Kier molecular flexibility index (Phi) is 39.9. The van der Waals surface area contributed by atoms with Crippen LogP contribution < -0.4 is 5.32 Å². The van der Waals surface area contributed by atoms with E-state index in [4.69, 9.17) is 14.2 Å². The summed E-state index contributed by atoms with van der Waals surface area (Å²) in [6, 6.07) is -1.02. The normalized spacial score (nSPS) is 20.5. The lowest BCUT2D eigenvalue weighted by atomic mass is 9.99. The van der Waals surface area contributed by atoms with Gasteiger partial charge in [0.15, 0.2) is 12.4 Å². The Morgan fingerprint density at radius 3 is 1.56 bits per heavy atom. The van der Waals surface area contributed by atoms with E-state index in [1.807, 2.05) is 6.08 Å². The fourth-order valence-electron chi connectivity index (χ4n) is 8.28. The number of ether oxygens (including phenoxy) is 3. The van der Waals surface area contributed by atoms with Crippen molar-refractivity contribution in [3.05, 3.63) is 24.3 Å². The summed E-state index contributed by atoms with van der Waals surface area (Å²) in [4.78, 5) is 26.3. The van der Waals surface area contributed by atoms with Gasteiger partial charge in [-0.1, -0.05) is 212 Å². The lowest BCUT2D eigenvalue weighted by Gasteiger charge is -2.41. The van der Waals surface area contributed by atoms with Gasteiger partial charge < -0.3 is 45.1 Å². The Bertz CT molecular complexity index is 1140. The maximum absolute atomic E-state index is 13.3. The zero-order valence-corrected chi connectivity index (χ0v) is 41.2. The minimum atomic E-state index is -1.61. The highest BCUT2D eigenvalue weighted by molar-refractivity contribution is 5.80. The molecule has 1 rings (SSSR count). The molecule has 1 amide bonds. The van der Waals surface area contributed by atoms with Crippen molar-refractivity contribution >= 4 is 11.9 Å². The summed E-state index contributed by atoms with van der Waals surface area (Å²) in [5, 5.41) is 56.5. The summed E-state index contributed by atoms with van der Waals surface area (Å²) in [5.41, 5.74) is 0. The van der Waals surface area contributed by atoms with E-state index in [1.54, 1.807) is 6.08 Å². The van der Waals surface area contributed by atoms with Crippen molar-refractivity contribution in [2.75, 3.05) is 13.2 Å². The standard InChI is InChI=1S/C53H99NO10/c1-4-7-10-13-16-19-22-23-24-26-29-32-35-38-41-48(58)64-51-50(60)49(59)47(42-55)63-53(51)62-43-44(45(56)39-36-33-30-28-25-20-17-14-11-8-5-2)54-52(61)46(57)40-37-34-31-27-21-18-15-12-9-6-3/h15,18,36,39,44-47,49-51,53,55-57,59-60H,4-14,16-17,19-35,37-38,40-43H2,1-3H3,(H,54,61)/b18-15-,39-36+. The van der Waals surface area contributed by atoms with Gasteiger partial charge in [0.1, 0.15) is 24.4 Å². The third-order valence-corrected chi connectivity index (χ3v) is 12.6. The van der Waals surface area contributed by atoms with Crippen LogP contribution in [0.4, 0.5) is 0 Å². The summed E-state index contributed by atoms with van der Waals surface area (Å²) < 4.78 is 17.5. The molecule has 0 aromatic heterocycles. The molecule has 1 fully saturated rings. The van der Waals surface area contributed by atoms with Gasteiger partial charge in [0.25, 0.3) is 0 Å². The SMILES string of the molecule is CCCC/C=C\CCCCCCC(O)C(=O)NC(COC1OC(CO)C(O)C(O)C1OC(=O)CCCCCCCCCCCCCCCC)C(O)/C=C/CCCCCCCCCCC. The van der Waals surface area contributed by atoms with Crippen molar-refractivity contribution in [2.45, 2.75) is 288 Å². The maximum atomic E-state index is 13.3. The average Bonchev–Trinajstić information content (AvgIpc) is 3.29. The Hall–Kier alpha value is -1.86. The second-order valence-electron chi connectivity index (χ2n) is 18.6. The fraction of sp³-hybridized carbons (Fsp3) is 0.887. The summed E-state index contributed by atoms with van der Waals surface area (Å²) in [5.74, 6) is -1.20. The first-order valence-corrected chi connectivity index (χ1v) is 26.6. The second kappa shape index (κ2) is 42.5. The smallest absolute Gasteiger partial charge is 0.306 e. The number of carbonyl (C=O) groups is 2. The van der Waals surface area contributed by atoms with Crippen LogP contribution in [0.3, 0.4) is 0 Å². The Labute approximate surface area is 391 Å². The molecule has 1 aliphatic heterocycles. The van der Waals surface area contributed by atoms with Crippen molar-refractivity contribution in [3.8, 4) is 0 Å². The number of hydrogen-bond donors (Lipinski definition) is 6. The number of nitrogens with one attached hydrogen (secondary N) is 1. The number of allylic oxidation sites excluding steroid dienone is 3. The molecule has 0 aliphatic carbocycles. The minimum Gasteiger partial charge on any atom is -0.454 e. The van der Waals surface area contributed by atoms with Crippen molar-refractivity contribution in [2.24, 2.45) is 0 Å². The number of hydrogen-bond acceptors (Lipinski definition) is 10. The first-order valence-electron chi connectivity index (χ1n) is 26.6. The number of rotatable bonds is 44. The molecular weight excluding hydrogens is 811 g/mol. The van der Waals surface area contributed by atoms with E-state index in [0.29, 0.717) is 12.8 Å². The molecule has 0 spiro atoms. The molecule has 1 heterocycles. The monoisotopic (exact) mass is 910 g/mol. The largest absolute Gasteiger partial charge is 0.454 e. The van der Waals surface area contributed by atoms with Crippen LogP contribution in [0.25, 0.3) is 0 Å². The van der Waals surface area contributed by atoms with Crippen LogP contribution in [0, 0.1) is 0 Å². The van der Waals surface area contributed by atoms with Gasteiger partial charge in [-0.2, -0.15) is 0 Å². The molecule has 0 aromatic carbocycles. The Morgan fingerprint density at radius 2 is 1.05 bits per heavy atom. The molecule has 11 nitrogen and oxygen atoms in total. The van der Waals surface area contributed by atoms with E-state index < -0.39 is 67.4 Å². The molecule has 64 heavy (non-hydrogen) atoms. The van der Waals surface area contributed by atoms with E-state index in [2.05, 4.69) is 38.2 Å². The predicted octanol–water partition coefficient (Wildman–Crippen LogP) is 11.0. The van der Waals surface area contributed by atoms with Gasteiger partial charge in [0, 0.05) is 6.42 Å². The summed E-state index contributed by atoms with van der Waals surface area (Å²) in [6.45, 7) is 5.71. The first kappa shape index (κ1) is 60.2. The topological polar surface area (TPSA) is 175 Å². The van der Waals surface area contributed by atoms with Gasteiger partial charge >= 0.3 is 5.97 Å². The van der Waals surface area contributed by atoms with Crippen LogP contribution in [0.1, 0.15) is 239 Å². The molecule has 376 valence electrons. The number of esters is 1. The molecule has 1 saturated heterocycles. The van der Waals surface area contributed by atoms with Gasteiger partial charge in [0.05, 0.1) is 25.4 Å². The third kappa shape index (κ3) is 31.2. The van der Waals surface area contributed by atoms with Crippen molar-refractivity contribution in [1.29, 1.82) is 0 Å². The molecule has 0 aromatic rings. The lowest BCUT2D eigenvalue weighted by molar-refractivity contribution is -0.305. The van der Waals surface area contributed by atoms with Crippen LogP contribution in [-0.2, 0) is 23.8 Å². The summed E-state index contributed by atoms with van der Waals surface area (Å²) in [7, 11) is 0. The molecule has 0 saturated carbocycles. The quantitative estimate of drug-likeness (QED) is 0.0196. The fourth-order valence-corrected chi connectivity index (χ4v) is 8.28. The van der Waals surface area contributed by atoms with E-state index in [-0.39, 0.29) is 19.4 Å². The molecule has 8 unspecified atom stereocenters. The summed E-state index contributed by atoms with van der Waals surface area (Å²) >= 11 is 0. The predicted molar refractivity (Wildman–Crippen MR) is 260 cm³/mol. The number of unbranched alkanes of at least 4 members (excludes halogenated alkanes) is 28. The Morgan fingerprint density at radius 1 is 0.594 bits per heavy atom. The first-order chi connectivity index (χ1) is 31.2. The van der Waals surface area contributed by atoms with Crippen molar-refractivity contribution in [1.82, 2.24) is 5.32 Å². The van der Waals surface area contributed by atoms with Crippen LogP contribution in [-0.4, -0.2) is 99.6 Å². The van der Waals surface area contributed by atoms with Gasteiger partial charge in [0.2, 0.25) is 5.91 Å². The molecule has 0 radical (unpaired) electrons. The van der Waals surface area contributed by atoms with Gasteiger partial charge in [-0.05, 0) is 44.9 Å². The second-order valence-corrected chi connectivity index (χ2v) is 18.6. The molecule has 11 heteroatoms. The number of aliphatic hydroxyl groups is 5. The zero-order chi connectivity index (χ0) is 46.9. The van der Waals surface area contributed by atoms with Gasteiger partial charge in [-0.15, -0.1) is 0 Å². The van der Waals surface area contributed by atoms with E-state index in [1.165, 1.54) is 122 Å². The van der Waals surface area contributed by atoms with Gasteiger partial charge in [-0.25, -0.2) is 0 Å². The van der Waals surface area contributed by atoms with E-state index in [0.717, 1.165) is 70.6 Å². The molecule has 1 aliphatic rings. The molecule has 8 atom stereocenters. The van der Waals surface area contributed by atoms with Crippen LogP contribution in [0.5, 0.6) is 0 Å². The maximum Gasteiger partial charge on any atom is 0.306 e. The highest BCUT2D eigenvalue weighted by Crippen LogP contribution is 2.26. The number of carbonyl (C=O) groups excluding carboxylic acids is 2. The lowest BCUT2D eigenvalue weighted by Crippen LogP contribution is -2.61. The Balaban J connectivity index is 2.76. The number of amides is 1. The minimum absolute atomic E-state index is 0.128. The number of aliphatic hydroxyl groups excluding tert-OH is 5. The van der Waals surface area contributed by atoms with Crippen LogP contribution in [0.15, 0.2) is 24.3 Å². The van der Waals surface area contributed by atoms with Crippen LogP contribution in [0.2, 0.25) is 0 Å². The van der Waals surface area contributed by atoms with E-state index >= 15 is 0 Å².